The highest BCUT2D eigenvalue weighted by atomic mass is 32.2. The smallest absolute Gasteiger partial charge is 0.227 e. The van der Waals surface area contributed by atoms with Gasteiger partial charge in [-0.05, 0) is 17.7 Å². The molecule has 1 N–H and O–H groups in total. The largest absolute Gasteiger partial charge is 0.476 e. The molecule has 2 aliphatic heterocycles. The zero-order chi connectivity index (χ0) is 16.8. The summed E-state index contributed by atoms with van der Waals surface area (Å²) in [5, 5.41) is 8.85. The van der Waals surface area contributed by atoms with Gasteiger partial charge in [-0.2, -0.15) is 0 Å². The number of hydrogen-bond acceptors (Lipinski definition) is 8. The van der Waals surface area contributed by atoms with Crippen LogP contribution in [0.5, 0.6) is 11.8 Å². The Morgan fingerprint density at radius 1 is 1.04 bits per heavy atom. The minimum Gasteiger partial charge on any atom is -0.476 e. The summed E-state index contributed by atoms with van der Waals surface area (Å²) in [5.41, 5.74) is 1.44. The summed E-state index contributed by atoms with van der Waals surface area (Å²) in [6.45, 7) is 1.47. The summed E-state index contributed by atoms with van der Waals surface area (Å²) >= 11 is 3.39. The van der Waals surface area contributed by atoms with Crippen LogP contribution in [-0.4, -0.2) is 46.1 Å². The van der Waals surface area contributed by atoms with E-state index in [0.717, 1.165) is 39.8 Å². The Morgan fingerprint density at radius 2 is 1.67 bits per heavy atom. The predicted octanol–water partition coefficient (Wildman–Crippen LogP) is 2.44. The van der Waals surface area contributed by atoms with Gasteiger partial charge in [-0.3, -0.25) is 4.79 Å². The summed E-state index contributed by atoms with van der Waals surface area (Å²) in [7, 11) is 0. The fourth-order valence-electron chi connectivity index (χ4n) is 2.07. The van der Waals surface area contributed by atoms with Gasteiger partial charge in [0.15, 0.2) is 6.29 Å². The molecule has 0 amide bonds. The molecule has 0 aromatic carbocycles. The zero-order valence-electron chi connectivity index (χ0n) is 12.8. The van der Waals surface area contributed by atoms with Crippen LogP contribution in [0, 0.1) is 0 Å². The van der Waals surface area contributed by atoms with Crippen molar-refractivity contribution in [3.8, 4) is 11.8 Å². The van der Waals surface area contributed by atoms with Gasteiger partial charge in [-0.1, -0.05) is 0 Å². The van der Waals surface area contributed by atoms with Crippen LogP contribution < -0.4 is 9.47 Å². The molecule has 0 fully saturated rings. The van der Waals surface area contributed by atoms with E-state index in [1.165, 1.54) is 6.20 Å². The number of carbonyl (C=O) groups excluding carboxylic acids is 1. The van der Waals surface area contributed by atoms with Crippen molar-refractivity contribution in [3.05, 3.63) is 35.7 Å². The number of carbonyl (C=O) groups is 1. The van der Waals surface area contributed by atoms with Gasteiger partial charge >= 0.3 is 0 Å². The molecule has 2 aromatic rings. The van der Waals surface area contributed by atoms with Gasteiger partial charge < -0.3 is 14.6 Å². The molecule has 126 valence electrons. The second-order valence-corrected chi connectivity index (χ2v) is 7.16. The normalized spacial score (nSPS) is 14.9. The number of rotatable bonds is 2. The molecule has 0 radical (unpaired) electrons. The Hall–Kier alpha value is -1.77. The first kappa shape index (κ1) is 17.1. The van der Waals surface area contributed by atoms with Crippen LogP contribution in [0.25, 0.3) is 0 Å². The zero-order valence-corrected chi connectivity index (χ0v) is 14.4. The molecule has 4 rings (SSSR count). The number of pyridine rings is 2. The van der Waals surface area contributed by atoms with Gasteiger partial charge in [0.2, 0.25) is 11.8 Å². The number of fused-ring (bicyclic) bond motifs is 2. The molecule has 2 aliphatic rings. The number of hydrogen-bond donors (Lipinski definition) is 1. The maximum atomic E-state index is 10.4. The minimum absolute atomic E-state index is 0.0425. The number of aldehydes is 1. The molecule has 0 spiro atoms. The molecule has 6 nitrogen and oxygen atoms in total. The first-order valence-corrected chi connectivity index (χ1v) is 9.33. The van der Waals surface area contributed by atoms with Crippen molar-refractivity contribution >= 4 is 29.8 Å². The summed E-state index contributed by atoms with van der Waals surface area (Å²) < 4.78 is 10.6. The predicted molar refractivity (Wildman–Crippen MR) is 92.2 cm³/mol. The molecular formula is C16H16N2O4S2. The van der Waals surface area contributed by atoms with Gasteiger partial charge in [0.05, 0.1) is 29.6 Å². The molecular weight excluding hydrogens is 348 g/mol. The highest BCUT2D eigenvalue weighted by Crippen LogP contribution is 2.32. The van der Waals surface area contributed by atoms with Gasteiger partial charge in [0.25, 0.3) is 0 Å². The van der Waals surface area contributed by atoms with E-state index in [2.05, 4.69) is 9.97 Å². The number of aliphatic hydroxyl groups is 1. The van der Waals surface area contributed by atoms with Crippen LogP contribution in [0.2, 0.25) is 0 Å². The molecule has 0 unspecified atom stereocenters. The number of ether oxygens (including phenoxy) is 2. The van der Waals surface area contributed by atoms with E-state index in [9.17, 15) is 4.79 Å². The van der Waals surface area contributed by atoms with E-state index >= 15 is 0 Å². The number of aromatic nitrogens is 2. The van der Waals surface area contributed by atoms with Crippen LogP contribution in [-0.2, 0) is 6.61 Å². The van der Waals surface area contributed by atoms with Crippen LogP contribution in [0.1, 0.15) is 15.9 Å². The molecule has 0 saturated heterocycles. The second-order valence-electron chi connectivity index (χ2n) is 4.89. The molecule has 0 saturated carbocycles. The molecule has 4 heterocycles. The fourth-order valence-corrected chi connectivity index (χ4v) is 3.77. The van der Waals surface area contributed by atoms with Gasteiger partial charge in [0.1, 0.15) is 0 Å². The van der Waals surface area contributed by atoms with Crippen LogP contribution in [0.4, 0.5) is 0 Å². The van der Waals surface area contributed by atoms with E-state index in [1.54, 1.807) is 35.8 Å². The molecule has 0 bridgehead atoms. The number of thioether (sulfide) groups is 2. The van der Waals surface area contributed by atoms with Crippen molar-refractivity contribution in [1.29, 1.82) is 0 Å². The van der Waals surface area contributed by atoms with Gasteiger partial charge in [-0.15, -0.1) is 23.5 Å². The van der Waals surface area contributed by atoms with E-state index in [1.807, 2.05) is 6.07 Å². The average Bonchev–Trinajstić information content (AvgIpc) is 2.67. The lowest BCUT2D eigenvalue weighted by atomic mass is 10.3. The maximum absolute atomic E-state index is 10.4. The standard InChI is InChI=1S/C8H9NO2S.C8H7NO2S/c2*10-5-6-3-7-8(9-4-6)11-1-2-12-7/h3-4,10H,1-2,5H2;3-5H,1-2H2. The van der Waals surface area contributed by atoms with E-state index < -0.39 is 0 Å². The molecule has 0 atom stereocenters. The maximum Gasteiger partial charge on any atom is 0.227 e. The van der Waals surface area contributed by atoms with Crippen molar-refractivity contribution in [3.63, 3.8) is 0 Å². The third kappa shape index (κ3) is 4.19. The lowest BCUT2D eigenvalue weighted by Crippen LogP contribution is -2.08. The topological polar surface area (TPSA) is 81.5 Å². The lowest BCUT2D eigenvalue weighted by molar-refractivity contribution is 0.112. The Morgan fingerprint density at radius 3 is 2.29 bits per heavy atom. The SMILES string of the molecule is O=Cc1cnc2c(c1)SCCO2.OCc1cnc2c(c1)SCCO2. The number of nitrogens with zero attached hydrogens (tertiary/aromatic N) is 2. The Bertz CT molecular complexity index is 727. The van der Waals surface area contributed by atoms with E-state index in [-0.39, 0.29) is 6.61 Å². The average molecular weight is 364 g/mol. The summed E-state index contributed by atoms with van der Waals surface area (Å²) in [4.78, 5) is 20.5. The summed E-state index contributed by atoms with van der Waals surface area (Å²) in [5.74, 6) is 3.24. The molecule has 8 heteroatoms. The van der Waals surface area contributed by atoms with Crippen molar-refractivity contribution < 1.29 is 19.4 Å². The van der Waals surface area contributed by atoms with E-state index in [0.29, 0.717) is 23.9 Å². The first-order chi connectivity index (χ1) is 11.8. The van der Waals surface area contributed by atoms with Crippen molar-refractivity contribution in [2.24, 2.45) is 0 Å². The Labute approximate surface area is 148 Å². The Kier molecular flexibility index (Phi) is 5.95. The van der Waals surface area contributed by atoms with Crippen LogP contribution >= 0.6 is 23.5 Å². The van der Waals surface area contributed by atoms with E-state index in [4.69, 9.17) is 14.6 Å². The van der Waals surface area contributed by atoms with Crippen molar-refractivity contribution in [1.82, 2.24) is 9.97 Å². The third-order valence-corrected chi connectivity index (χ3v) is 5.14. The monoisotopic (exact) mass is 364 g/mol. The Balaban J connectivity index is 0.000000141. The highest BCUT2D eigenvalue weighted by Gasteiger charge is 2.12. The third-order valence-electron chi connectivity index (χ3n) is 3.19. The molecule has 2 aromatic heterocycles. The first-order valence-electron chi connectivity index (χ1n) is 7.36. The van der Waals surface area contributed by atoms with Crippen molar-refractivity contribution in [2.75, 3.05) is 24.7 Å². The molecule has 24 heavy (non-hydrogen) atoms. The fraction of sp³-hybridized carbons (Fsp3) is 0.312. The highest BCUT2D eigenvalue weighted by molar-refractivity contribution is 7.99. The van der Waals surface area contributed by atoms with Crippen LogP contribution in [0.15, 0.2) is 34.3 Å². The van der Waals surface area contributed by atoms with Gasteiger partial charge in [0, 0.05) is 29.5 Å². The summed E-state index contributed by atoms with van der Waals surface area (Å²) in [6, 6.07) is 3.73. The van der Waals surface area contributed by atoms with Gasteiger partial charge in [-0.25, -0.2) is 9.97 Å². The summed E-state index contributed by atoms with van der Waals surface area (Å²) in [6.07, 6.45) is 3.96. The van der Waals surface area contributed by atoms with Crippen LogP contribution in [0.3, 0.4) is 0 Å². The minimum atomic E-state index is 0.0425. The lowest BCUT2D eigenvalue weighted by Gasteiger charge is -2.15. The second kappa shape index (κ2) is 8.36. The van der Waals surface area contributed by atoms with Crippen molar-refractivity contribution in [2.45, 2.75) is 16.4 Å². The quantitative estimate of drug-likeness (QED) is 0.814. The number of aliphatic hydroxyl groups excluding tert-OH is 1. The molecule has 0 aliphatic carbocycles.